The third-order valence-electron chi connectivity index (χ3n) is 5.71. The van der Waals surface area contributed by atoms with Gasteiger partial charge in [-0.05, 0) is 49.9 Å². The van der Waals surface area contributed by atoms with Crippen LogP contribution in [0.25, 0.3) is 0 Å². The van der Waals surface area contributed by atoms with E-state index in [4.69, 9.17) is 0 Å². The van der Waals surface area contributed by atoms with Crippen molar-refractivity contribution in [2.45, 2.75) is 60.3 Å². The molecule has 2 aliphatic carbocycles. The maximum absolute atomic E-state index is 11.3. The maximum atomic E-state index is 11.3. The molecule has 0 aliphatic heterocycles. The fraction of sp³-hybridized carbons (Fsp3) is 0.722. The Bertz CT molecular complexity index is 470. The molecule has 0 aromatic carbocycles. The summed E-state index contributed by atoms with van der Waals surface area (Å²) >= 11 is 0. The molecule has 2 nitrogen and oxygen atoms in total. The zero-order valence-electron chi connectivity index (χ0n) is 13.5. The van der Waals surface area contributed by atoms with Crippen molar-refractivity contribution < 1.29 is 9.90 Å². The first-order valence-electron chi connectivity index (χ1n) is 7.76. The molecule has 0 saturated heterocycles. The fourth-order valence-corrected chi connectivity index (χ4v) is 4.90. The molecule has 20 heavy (non-hydrogen) atoms. The minimum Gasteiger partial charge on any atom is -0.512 e. The summed E-state index contributed by atoms with van der Waals surface area (Å²) in [4.78, 5) is 11.3. The predicted molar refractivity (Wildman–Crippen MR) is 82.5 cm³/mol. The van der Waals surface area contributed by atoms with Crippen LogP contribution in [0.5, 0.6) is 0 Å². The molecule has 112 valence electrons. The molecule has 0 bridgehead atoms. The van der Waals surface area contributed by atoms with Crippen molar-refractivity contribution in [3.63, 3.8) is 0 Å². The second kappa shape index (κ2) is 5.05. The summed E-state index contributed by atoms with van der Waals surface area (Å²) in [5.41, 5.74) is 1.59. The molecule has 1 N–H and O–H groups in total. The third kappa shape index (κ3) is 2.45. The van der Waals surface area contributed by atoms with Crippen LogP contribution in [0.2, 0.25) is 0 Å². The van der Waals surface area contributed by atoms with Gasteiger partial charge in [0.25, 0.3) is 0 Å². The lowest BCUT2D eigenvalue weighted by atomic mass is 9.48. The van der Waals surface area contributed by atoms with Crippen LogP contribution in [0, 0.1) is 22.7 Å². The Morgan fingerprint density at radius 3 is 2.60 bits per heavy atom. The number of hydrogen-bond acceptors (Lipinski definition) is 2. The van der Waals surface area contributed by atoms with E-state index in [2.05, 4.69) is 33.8 Å². The summed E-state index contributed by atoms with van der Waals surface area (Å²) in [7, 11) is 0. The predicted octanol–water partition coefficient (Wildman–Crippen LogP) is 4.82. The van der Waals surface area contributed by atoms with Gasteiger partial charge in [0.05, 0.1) is 0 Å². The average molecular weight is 276 g/mol. The van der Waals surface area contributed by atoms with Gasteiger partial charge < -0.3 is 5.11 Å². The van der Waals surface area contributed by atoms with Gasteiger partial charge in [-0.25, -0.2) is 0 Å². The van der Waals surface area contributed by atoms with Gasteiger partial charge in [0.15, 0.2) is 5.78 Å². The van der Waals surface area contributed by atoms with E-state index in [-0.39, 0.29) is 22.9 Å². The Labute approximate surface area is 123 Å². The Morgan fingerprint density at radius 2 is 2.00 bits per heavy atom. The van der Waals surface area contributed by atoms with Gasteiger partial charge in [0, 0.05) is 12.0 Å². The highest BCUT2D eigenvalue weighted by molar-refractivity contribution is 5.87. The zero-order valence-corrected chi connectivity index (χ0v) is 13.5. The van der Waals surface area contributed by atoms with Crippen LogP contribution in [0.15, 0.2) is 23.5 Å². The summed E-state index contributed by atoms with van der Waals surface area (Å²) < 4.78 is 0. The SMILES string of the molecule is CC(=O)C=C(O)C1C(C)=CCC2C(C)(C)CCCC12C. The summed E-state index contributed by atoms with van der Waals surface area (Å²) in [5, 5.41) is 10.5. The van der Waals surface area contributed by atoms with Crippen LogP contribution in [0.1, 0.15) is 60.3 Å². The molecule has 0 spiro atoms. The molecule has 0 amide bonds. The van der Waals surface area contributed by atoms with Gasteiger partial charge >= 0.3 is 0 Å². The van der Waals surface area contributed by atoms with Crippen molar-refractivity contribution >= 4 is 5.78 Å². The molecule has 2 aliphatic rings. The van der Waals surface area contributed by atoms with E-state index < -0.39 is 0 Å². The molecular formula is C18H28O2. The van der Waals surface area contributed by atoms with Crippen LogP contribution in [0.4, 0.5) is 0 Å². The second-order valence-corrected chi connectivity index (χ2v) is 7.70. The van der Waals surface area contributed by atoms with Gasteiger partial charge in [-0.2, -0.15) is 0 Å². The number of aliphatic hydroxyl groups excluding tert-OH is 1. The smallest absolute Gasteiger partial charge is 0.155 e. The van der Waals surface area contributed by atoms with E-state index in [1.807, 2.05) is 0 Å². The quantitative estimate of drug-likeness (QED) is 0.446. The molecular weight excluding hydrogens is 248 g/mol. The Morgan fingerprint density at radius 1 is 1.35 bits per heavy atom. The van der Waals surface area contributed by atoms with Crippen LogP contribution in [0.3, 0.4) is 0 Å². The van der Waals surface area contributed by atoms with Gasteiger partial charge in [-0.3, -0.25) is 4.79 Å². The molecule has 3 unspecified atom stereocenters. The lowest BCUT2D eigenvalue weighted by Crippen LogP contribution is -2.49. The topological polar surface area (TPSA) is 37.3 Å². The number of rotatable bonds is 2. The van der Waals surface area contributed by atoms with E-state index >= 15 is 0 Å². The first-order valence-corrected chi connectivity index (χ1v) is 7.76. The highest BCUT2D eigenvalue weighted by Gasteiger charge is 2.53. The van der Waals surface area contributed by atoms with E-state index in [0.717, 1.165) is 12.8 Å². The molecule has 1 saturated carbocycles. The van der Waals surface area contributed by atoms with E-state index in [9.17, 15) is 9.90 Å². The van der Waals surface area contributed by atoms with Crippen molar-refractivity contribution in [3.8, 4) is 0 Å². The van der Waals surface area contributed by atoms with Gasteiger partial charge in [-0.15, -0.1) is 0 Å². The van der Waals surface area contributed by atoms with Crippen LogP contribution >= 0.6 is 0 Å². The van der Waals surface area contributed by atoms with Crippen molar-refractivity contribution in [2.24, 2.45) is 22.7 Å². The number of ketones is 1. The van der Waals surface area contributed by atoms with Gasteiger partial charge in [0.1, 0.15) is 5.76 Å². The molecule has 2 heteroatoms. The maximum Gasteiger partial charge on any atom is 0.155 e. The number of allylic oxidation sites excluding steroid dienone is 3. The highest BCUT2D eigenvalue weighted by atomic mass is 16.3. The molecule has 0 aromatic rings. The molecule has 3 atom stereocenters. The van der Waals surface area contributed by atoms with Gasteiger partial charge in [-0.1, -0.05) is 38.8 Å². The summed E-state index contributed by atoms with van der Waals surface area (Å²) in [5.74, 6) is 0.761. The number of hydrogen-bond donors (Lipinski definition) is 1. The summed E-state index contributed by atoms with van der Waals surface area (Å²) in [6.07, 6.45) is 8.37. The molecule has 0 aromatic heterocycles. The third-order valence-corrected chi connectivity index (χ3v) is 5.71. The number of carbonyl (C=O) groups excluding carboxylic acids is 1. The van der Waals surface area contributed by atoms with Crippen molar-refractivity contribution in [3.05, 3.63) is 23.5 Å². The number of fused-ring (bicyclic) bond motifs is 1. The number of aliphatic hydroxyl groups is 1. The largest absolute Gasteiger partial charge is 0.512 e. The van der Waals surface area contributed by atoms with Crippen LogP contribution in [-0.2, 0) is 4.79 Å². The minimum absolute atomic E-state index is 0.00437. The Balaban J connectivity index is 2.47. The monoisotopic (exact) mass is 276 g/mol. The number of carbonyl (C=O) groups is 1. The van der Waals surface area contributed by atoms with E-state index in [0.29, 0.717) is 11.3 Å². The normalized spacial score (nSPS) is 37.0. The van der Waals surface area contributed by atoms with E-state index in [1.165, 1.54) is 31.4 Å². The first-order chi connectivity index (χ1) is 9.18. The average Bonchev–Trinajstić information content (AvgIpc) is 2.25. The van der Waals surface area contributed by atoms with Gasteiger partial charge in [0.2, 0.25) is 0 Å². The standard InChI is InChI=1S/C18H28O2/c1-12-7-8-15-17(3,4)9-6-10-18(15,5)16(12)14(20)11-13(2)19/h7,11,15-16,20H,6,8-10H2,1-5H3. The highest BCUT2D eigenvalue weighted by Crippen LogP contribution is 2.60. The Hall–Kier alpha value is -1.05. The van der Waals surface area contributed by atoms with Crippen molar-refractivity contribution in [2.75, 3.05) is 0 Å². The van der Waals surface area contributed by atoms with Crippen molar-refractivity contribution in [1.29, 1.82) is 0 Å². The van der Waals surface area contributed by atoms with Crippen LogP contribution in [-0.4, -0.2) is 10.9 Å². The second-order valence-electron chi connectivity index (χ2n) is 7.70. The fourth-order valence-electron chi connectivity index (χ4n) is 4.90. The van der Waals surface area contributed by atoms with E-state index in [1.54, 1.807) is 0 Å². The first kappa shape index (κ1) is 15.3. The summed E-state index contributed by atoms with van der Waals surface area (Å²) in [6.45, 7) is 10.6. The molecule has 1 fully saturated rings. The Kier molecular flexibility index (Phi) is 3.88. The lowest BCUT2D eigenvalue weighted by molar-refractivity contribution is -0.112. The van der Waals surface area contributed by atoms with Crippen LogP contribution < -0.4 is 0 Å². The molecule has 2 rings (SSSR count). The molecule has 0 heterocycles. The molecule has 0 radical (unpaired) electrons. The van der Waals surface area contributed by atoms with Crippen molar-refractivity contribution in [1.82, 2.24) is 0 Å². The minimum atomic E-state index is -0.0731. The zero-order chi connectivity index (χ0) is 15.1. The lowest BCUT2D eigenvalue weighted by Gasteiger charge is -2.56. The summed E-state index contributed by atoms with van der Waals surface area (Å²) in [6, 6.07) is 0.